The molecule has 0 radical (unpaired) electrons. The van der Waals surface area contributed by atoms with Gasteiger partial charge in [-0.3, -0.25) is 0 Å². The number of ether oxygens (including phenoxy) is 1. The minimum Gasteiger partial charge on any atom is -0.620 e. The molecule has 0 aromatic carbocycles. The van der Waals surface area contributed by atoms with Gasteiger partial charge in [0.05, 0.1) is 0 Å². The molecule has 0 aliphatic carbocycles. The average molecular weight is 123 g/mol. The van der Waals surface area contributed by atoms with Gasteiger partial charge >= 0.3 is 5.82 Å². The normalized spacial score (nSPS) is 6.56. The molecule has 0 amide bonds. The summed E-state index contributed by atoms with van der Waals surface area (Å²) in [5, 5.41) is 10.3. The maximum absolute atomic E-state index is 10.3. The van der Waals surface area contributed by atoms with Crippen molar-refractivity contribution in [1.82, 2.24) is 0 Å². The Bertz CT molecular complexity index is 190. The Kier molecular flexibility index (Phi) is 2.72. The van der Waals surface area contributed by atoms with Gasteiger partial charge in [0.25, 0.3) is 0 Å². The third-order valence-corrected chi connectivity index (χ3v) is 0.580. The first kappa shape index (κ1) is 7.32. The van der Waals surface area contributed by atoms with Gasteiger partial charge in [-0.2, -0.15) is 9.69 Å². The van der Waals surface area contributed by atoms with Crippen molar-refractivity contribution in [3.05, 3.63) is 34.6 Å². The maximum atomic E-state index is 10.3. The van der Waals surface area contributed by atoms with Crippen LogP contribution in [0, 0.1) is 13.1 Å². The highest BCUT2D eigenvalue weighted by molar-refractivity contribution is 5.17. The molecule has 4 nitrogen and oxygen atoms in total. The van der Waals surface area contributed by atoms with Crippen LogP contribution in [0.5, 0.6) is 0 Å². The zero-order chi connectivity index (χ0) is 7.28. The molecule has 0 N–H and O–H groups in total. The molecule has 0 heterocycles. The summed E-state index contributed by atoms with van der Waals surface area (Å²) in [5.41, 5.74) is 0. The van der Waals surface area contributed by atoms with Gasteiger partial charge in [0.2, 0.25) is 0 Å². The van der Waals surface area contributed by atoms with E-state index in [-0.39, 0.29) is 0 Å². The first-order valence-corrected chi connectivity index (χ1v) is 1.96. The molecular weight excluding hydrogens is 120 g/mol. The van der Waals surface area contributed by atoms with Gasteiger partial charge in [0, 0.05) is 0 Å². The van der Waals surface area contributed by atoms with Crippen LogP contribution in [-0.2, 0) is 4.74 Å². The molecule has 0 unspecified atom stereocenters. The minimum atomic E-state index is -0.875. The van der Waals surface area contributed by atoms with Gasteiger partial charge in [0.1, 0.15) is 19.1 Å². The van der Waals surface area contributed by atoms with E-state index in [2.05, 4.69) is 14.4 Å². The second kappa shape index (κ2) is 3.34. The fourth-order valence-corrected chi connectivity index (χ4v) is 0.208. The largest absolute Gasteiger partial charge is 0.620 e. The van der Waals surface area contributed by atoms with Gasteiger partial charge in [-0.25, -0.2) is 0 Å². The average Bonchev–Trinajstić information content (AvgIpc) is 1.90. The standard InChI is InChI=1S/C5H4N2O2/c1-6-4(7-2)5(8)9-3/h8H,3H3/p-1. The first-order valence-electron chi connectivity index (χ1n) is 1.96. The van der Waals surface area contributed by atoms with E-state index in [1.165, 1.54) is 0 Å². The number of nitrogens with zero attached hydrogens (tertiary/aromatic N) is 2. The van der Waals surface area contributed by atoms with Crippen molar-refractivity contribution < 1.29 is 9.84 Å². The van der Waals surface area contributed by atoms with E-state index in [1.54, 1.807) is 0 Å². The molecule has 0 aliphatic rings. The second-order valence-corrected chi connectivity index (χ2v) is 1.04. The molecule has 0 aromatic rings. The Labute approximate surface area is 52.6 Å². The highest BCUT2D eigenvalue weighted by atomic mass is 16.6. The van der Waals surface area contributed by atoms with Crippen molar-refractivity contribution in [1.29, 1.82) is 0 Å². The summed E-state index contributed by atoms with van der Waals surface area (Å²) in [5.74, 6) is -1.43. The lowest BCUT2D eigenvalue weighted by atomic mass is 10.8. The number of rotatable bonds is 1. The summed E-state index contributed by atoms with van der Waals surface area (Å²) in [6, 6.07) is 0. The van der Waals surface area contributed by atoms with E-state index in [0.717, 1.165) is 7.11 Å². The molecule has 0 fully saturated rings. The highest BCUT2D eigenvalue weighted by Crippen LogP contribution is 2.01. The predicted octanol–water partition coefficient (Wildman–Crippen LogP) is -0.0417. The molecule has 46 valence electrons. The predicted molar refractivity (Wildman–Crippen MR) is 27.2 cm³/mol. The molecule has 0 atom stereocenters. The second-order valence-electron chi connectivity index (χ2n) is 1.04. The summed E-state index contributed by atoms with van der Waals surface area (Å²) >= 11 is 0. The molecule has 0 spiro atoms. The molecule has 0 saturated carbocycles. The fraction of sp³-hybridized carbons (Fsp3) is 0.200. The Morgan fingerprint density at radius 2 is 1.89 bits per heavy atom. The molecular formula is C5H3N2O2-. The van der Waals surface area contributed by atoms with Crippen LogP contribution in [0.15, 0.2) is 11.8 Å². The number of methoxy groups -OCH3 is 1. The third-order valence-electron chi connectivity index (χ3n) is 0.580. The molecule has 4 heteroatoms. The van der Waals surface area contributed by atoms with Crippen LogP contribution < -0.4 is 5.11 Å². The molecule has 0 saturated heterocycles. The van der Waals surface area contributed by atoms with E-state index >= 15 is 0 Å². The van der Waals surface area contributed by atoms with E-state index < -0.39 is 11.8 Å². The summed E-state index contributed by atoms with van der Waals surface area (Å²) in [6.07, 6.45) is 0. The van der Waals surface area contributed by atoms with Gasteiger partial charge in [-0.05, 0) is 7.11 Å². The van der Waals surface area contributed by atoms with Crippen molar-refractivity contribution in [3.63, 3.8) is 0 Å². The summed E-state index contributed by atoms with van der Waals surface area (Å²) in [4.78, 5) is 5.23. The van der Waals surface area contributed by atoms with E-state index in [0.29, 0.717) is 0 Å². The van der Waals surface area contributed by atoms with Crippen molar-refractivity contribution >= 4 is 0 Å². The lowest BCUT2D eigenvalue weighted by molar-refractivity contribution is -0.354. The Morgan fingerprint density at radius 3 is 2.00 bits per heavy atom. The zero-order valence-electron chi connectivity index (χ0n) is 4.71. The van der Waals surface area contributed by atoms with Crippen LogP contribution in [-0.4, -0.2) is 7.11 Å². The van der Waals surface area contributed by atoms with E-state index in [1.807, 2.05) is 0 Å². The molecule has 0 aromatic heterocycles. The topological polar surface area (TPSA) is 41.0 Å². The third kappa shape index (κ3) is 1.70. The van der Waals surface area contributed by atoms with Crippen LogP contribution in [0.2, 0.25) is 0 Å². The van der Waals surface area contributed by atoms with E-state index in [4.69, 9.17) is 13.1 Å². The zero-order valence-corrected chi connectivity index (χ0v) is 4.71. The molecule has 0 rings (SSSR count). The molecule has 9 heavy (non-hydrogen) atoms. The van der Waals surface area contributed by atoms with Gasteiger partial charge < -0.3 is 9.84 Å². The van der Waals surface area contributed by atoms with Crippen LogP contribution in [0.3, 0.4) is 0 Å². The lowest BCUT2D eigenvalue weighted by Gasteiger charge is -2.01. The van der Waals surface area contributed by atoms with Gasteiger partial charge in [-0.15, -0.1) is 0 Å². The SMILES string of the molecule is [C-]#[N+]C([N+]#[C-])=C([O-])OC. The van der Waals surface area contributed by atoms with Crippen LogP contribution in [0.1, 0.15) is 0 Å². The van der Waals surface area contributed by atoms with Crippen LogP contribution in [0.4, 0.5) is 0 Å². The van der Waals surface area contributed by atoms with E-state index in [9.17, 15) is 5.11 Å². The monoisotopic (exact) mass is 123 g/mol. The Morgan fingerprint density at radius 1 is 1.44 bits per heavy atom. The Balaban J connectivity index is 4.49. The molecule has 0 aliphatic heterocycles. The van der Waals surface area contributed by atoms with Crippen LogP contribution in [0.25, 0.3) is 9.69 Å². The van der Waals surface area contributed by atoms with Gasteiger partial charge in [0.15, 0.2) is 0 Å². The van der Waals surface area contributed by atoms with Crippen molar-refractivity contribution in [2.45, 2.75) is 0 Å². The smallest absolute Gasteiger partial charge is 0.541 e. The summed E-state index contributed by atoms with van der Waals surface area (Å²) < 4.78 is 4.09. The lowest BCUT2D eigenvalue weighted by Crippen LogP contribution is -2.06. The number of hydrogen-bond acceptors (Lipinski definition) is 2. The minimum absolute atomic E-state index is 0.558. The quantitative estimate of drug-likeness (QED) is 0.362. The first-order chi connectivity index (χ1) is 4.26. The van der Waals surface area contributed by atoms with Crippen molar-refractivity contribution in [3.8, 4) is 0 Å². The van der Waals surface area contributed by atoms with Crippen molar-refractivity contribution in [2.75, 3.05) is 7.11 Å². The number of hydrogen-bond donors (Lipinski definition) is 0. The molecule has 0 bridgehead atoms. The maximum Gasteiger partial charge on any atom is 0.541 e. The summed E-state index contributed by atoms with van der Waals surface area (Å²) in [6.45, 7) is 12.5. The summed E-state index contributed by atoms with van der Waals surface area (Å²) in [7, 11) is 1.12. The fourth-order valence-electron chi connectivity index (χ4n) is 0.208. The Hall–Kier alpha value is -1.68. The highest BCUT2D eigenvalue weighted by Gasteiger charge is 2.03. The van der Waals surface area contributed by atoms with Crippen molar-refractivity contribution in [2.24, 2.45) is 0 Å². The van der Waals surface area contributed by atoms with Crippen LogP contribution >= 0.6 is 0 Å². The van der Waals surface area contributed by atoms with Gasteiger partial charge in [-0.1, -0.05) is 0 Å².